The number of benzene rings is 2. The van der Waals surface area contributed by atoms with Gasteiger partial charge in [-0.25, -0.2) is 0 Å². The fourth-order valence-electron chi connectivity index (χ4n) is 3.07. The van der Waals surface area contributed by atoms with Crippen LogP contribution in [0.15, 0.2) is 36.4 Å². The monoisotopic (exact) mass is 337 g/mol. The minimum Gasteiger partial charge on any atom is -0.493 e. The van der Waals surface area contributed by atoms with E-state index in [0.29, 0.717) is 18.7 Å². The van der Waals surface area contributed by atoms with E-state index in [4.69, 9.17) is 4.74 Å². The maximum Gasteiger partial charge on any atom is 0.299 e. The summed E-state index contributed by atoms with van der Waals surface area (Å²) in [5.41, 5.74) is 4.62. The summed E-state index contributed by atoms with van der Waals surface area (Å²) in [6.07, 6.45) is 1.61. The molecule has 0 unspecified atom stereocenters. The summed E-state index contributed by atoms with van der Waals surface area (Å²) in [5, 5.41) is 0. The Morgan fingerprint density at radius 1 is 1.00 bits per heavy atom. The Labute approximate surface area is 148 Å². The van der Waals surface area contributed by atoms with Gasteiger partial charge in [0, 0.05) is 6.54 Å². The first kappa shape index (κ1) is 17.2. The van der Waals surface area contributed by atoms with Crippen molar-refractivity contribution in [3.63, 3.8) is 0 Å². The van der Waals surface area contributed by atoms with Crippen LogP contribution in [0, 0.1) is 20.8 Å². The SMILES string of the molecule is Cc1ccc2c(c1)C(=O)C(=O)N2CCCCOc1cccc(C)c1C. The van der Waals surface area contributed by atoms with E-state index in [1.807, 2.05) is 31.2 Å². The van der Waals surface area contributed by atoms with Gasteiger partial charge in [-0.05, 0) is 62.9 Å². The number of Topliss-reactive ketones (excluding diaryl/α,β-unsaturated/α-hetero) is 1. The molecule has 4 nitrogen and oxygen atoms in total. The van der Waals surface area contributed by atoms with Gasteiger partial charge in [0.05, 0.1) is 17.9 Å². The van der Waals surface area contributed by atoms with E-state index >= 15 is 0 Å². The van der Waals surface area contributed by atoms with Gasteiger partial charge in [0.25, 0.3) is 11.7 Å². The predicted octanol–water partition coefficient (Wildman–Crippen LogP) is 4.00. The molecule has 4 heteroatoms. The molecule has 0 aliphatic carbocycles. The molecule has 0 aromatic heterocycles. The molecule has 3 rings (SSSR count). The van der Waals surface area contributed by atoms with E-state index in [1.165, 1.54) is 5.56 Å². The second kappa shape index (κ2) is 7.09. The molecule has 130 valence electrons. The van der Waals surface area contributed by atoms with E-state index < -0.39 is 11.7 Å². The second-order valence-electron chi connectivity index (χ2n) is 6.56. The van der Waals surface area contributed by atoms with Crippen molar-refractivity contribution in [2.75, 3.05) is 18.1 Å². The number of hydrogen-bond donors (Lipinski definition) is 0. The van der Waals surface area contributed by atoms with Crippen LogP contribution >= 0.6 is 0 Å². The number of ketones is 1. The van der Waals surface area contributed by atoms with E-state index in [2.05, 4.69) is 19.9 Å². The highest BCUT2D eigenvalue weighted by Gasteiger charge is 2.35. The number of amides is 1. The van der Waals surface area contributed by atoms with Crippen molar-refractivity contribution in [3.05, 3.63) is 58.7 Å². The lowest BCUT2D eigenvalue weighted by molar-refractivity contribution is -0.114. The third-order valence-electron chi connectivity index (χ3n) is 4.72. The van der Waals surface area contributed by atoms with Crippen LogP contribution < -0.4 is 9.64 Å². The molecule has 25 heavy (non-hydrogen) atoms. The van der Waals surface area contributed by atoms with Crippen LogP contribution in [-0.4, -0.2) is 24.8 Å². The van der Waals surface area contributed by atoms with Crippen molar-refractivity contribution >= 4 is 17.4 Å². The molecular weight excluding hydrogens is 314 g/mol. The Balaban J connectivity index is 1.54. The smallest absolute Gasteiger partial charge is 0.299 e. The molecule has 0 bridgehead atoms. The van der Waals surface area contributed by atoms with Gasteiger partial charge >= 0.3 is 0 Å². The first-order valence-electron chi connectivity index (χ1n) is 8.65. The average molecular weight is 337 g/mol. The zero-order valence-electron chi connectivity index (χ0n) is 15.0. The van der Waals surface area contributed by atoms with Gasteiger partial charge in [-0.1, -0.05) is 23.8 Å². The summed E-state index contributed by atoms with van der Waals surface area (Å²) in [6, 6.07) is 11.6. The predicted molar refractivity (Wildman–Crippen MR) is 98.5 cm³/mol. The molecule has 2 aromatic carbocycles. The molecular formula is C21H23NO3. The topological polar surface area (TPSA) is 46.6 Å². The lowest BCUT2D eigenvalue weighted by atomic mass is 10.1. The fourth-order valence-corrected chi connectivity index (χ4v) is 3.07. The van der Waals surface area contributed by atoms with E-state index in [1.54, 1.807) is 11.0 Å². The van der Waals surface area contributed by atoms with Crippen LogP contribution in [0.5, 0.6) is 5.75 Å². The third-order valence-corrected chi connectivity index (χ3v) is 4.72. The maximum absolute atomic E-state index is 12.2. The normalized spacial score (nSPS) is 13.3. The highest BCUT2D eigenvalue weighted by Crippen LogP contribution is 2.30. The second-order valence-corrected chi connectivity index (χ2v) is 6.56. The van der Waals surface area contributed by atoms with Crippen LogP contribution in [0.2, 0.25) is 0 Å². The van der Waals surface area contributed by atoms with Crippen molar-refractivity contribution in [1.82, 2.24) is 0 Å². The number of carbonyl (C=O) groups excluding carboxylic acids is 2. The Bertz CT molecular complexity index is 826. The van der Waals surface area contributed by atoms with Crippen molar-refractivity contribution in [1.29, 1.82) is 0 Å². The first-order chi connectivity index (χ1) is 12.0. The van der Waals surface area contributed by atoms with Crippen LogP contribution in [0.3, 0.4) is 0 Å². The van der Waals surface area contributed by atoms with Gasteiger partial charge in [-0.3, -0.25) is 9.59 Å². The summed E-state index contributed by atoms with van der Waals surface area (Å²) < 4.78 is 5.85. The van der Waals surface area contributed by atoms with E-state index in [9.17, 15) is 9.59 Å². The first-order valence-corrected chi connectivity index (χ1v) is 8.65. The minimum atomic E-state index is -0.420. The molecule has 0 saturated carbocycles. The summed E-state index contributed by atoms with van der Waals surface area (Å²) in [6.45, 7) is 7.18. The summed E-state index contributed by atoms with van der Waals surface area (Å²) in [5.74, 6) is 0.0923. The van der Waals surface area contributed by atoms with Crippen LogP contribution in [-0.2, 0) is 4.79 Å². The zero-order valence-corrected chi connectivity index (χ0v) is 15.0. The molecule has 1 heterocycles. The number of anilines is 1. The molecule has 1 aliphatic heterocycles. The molecule has 2 aromatic rings. The van der Waals surface area contributed by atoms with Gasteiger partial charge in [0.1, 0.15) is 5.75 Å². The van der Waals surface area contributed by atoms with Gasteiger partial charge in [-0.15, -0.1) is 0 Å². The number of nitrogens with zero attached hydrogens (tertiary/aromatic N) is 1. The summed E-state index contributed by atoms with van der Waals surface area (Å²) in [4.78, 5) is 25.9. The number of aryl methyl sites for hydroxylation is 2. The number of fused-ring (bicyclic) bond motifs is 1. The highest BCUT2D eigenvalue weighted by atomic mass is 16.5. The number of unbranched alkanes of at least 4 members (excludes halogenated alkanes) is 1. The fraction of sp³-hybridized carbons (Fsp3) is 0.333. The number of rotatable bonds is 6. The lowest BCUT2D eigenvalue weighted by Crippen LogP contribution is -2.30. The molecule has 0 atom stereocenters. The summed E-state index contributed by atoms with van der Waals surface area (Å²) in [7, 11) is 0. The number of carbonyl (C=O) groups is 2. The largest absolute Gasteiger partial charge is 0.493 e. The average Bonchev–Trinajstić information content (AvgIpc) is 2.82. The van der Waals surface area contributed by atoms with Gasteiger partial charge in [0.2, 0.25) is 0 Å². The summed E-state index contributed by atoms with van der Waals surface area (Å²) >= 11 is 0. The molecule has 0 saturated heterocycles. The Morgan fingerprint density at radius 2 is 1.80 bits per heavy atom. The Hall–Kier alpha value is -2.62. The standard InChI is InChI=1S/C21H23NO3/c1-14-9-10-18-17(13-14)20(23)21(24)22(18)11-4-5-12-25-19-8-6-7-15(2)16(19)3/h6-10,13H,4-5,11-12H2,1-3H3. The van der Waals surface area contributed by atoms with Crippen molar-refractivity contribution in [3.8, 4) is 5.75 Å². The van der Waals surface area contributed by atoms with Crippen LogP contribution in [0.1, 0.15) is 39.9 Å². The van der Waals surface area contributed by atoms with Crippen molar-refractivity contribution in [2.45, 2.75) is 33.6 Å². The minimum absolute atomic E-state index is 0.398. The third kappa shape index (κ3) is 3.43. The number of ether oxygens (including phenoxy) is 1. The Kier molecular flexibility index (Phi) is 4.88. The van der Waals surface area contributed by atoms with Gasteiger partial charge in [-0.2, -0.15) is 0 Å². The molecule has 0 N–H and O–H groups in total. The zero-order chi connectivity index (χ0) is 18.0. The quantitative estimate of drug-likeness (QED) is 0.591. The maximum atomic E-state index is 12.2. The Morgan fingerprint density at radius 3 is 2.60 bits per heavy atom. The van der Waals surface area contributed by atoms with E-state index in [-0.39, 0.29) is 0 Å². The molecule has 1 amide bonds. The molecule has 0 spiro atoms. The highest BCUT2D eigenvalue weighted by molar-refractivity contribution is 6.52. The van der Waals surface area contributed by atoms with Gasteiger partial charge in [0.15, 0.2) is 0 Å². The molecule has 1 aliphatic rings. The van der Waals surface area contributed by atoms with Crippen molar-refractivity contribution < 1.29 is 14.3 Å². The van der Waals surface area contributed by atoms with Crippen LogP contribution in [0.25, 0.3) is 0 Å². The molecule has 0 fully saturated rings. The number of hydrogen-bond acceptors (Lipinski definition) is 3. The van der Waals surface area contributed by atoms with Gasteiger partial charge < -0.3 is 9.64 Å². The molecule has 0 radical (unpaired) electrons. The van der Waals surface area contributed by atoms with Crippen LogP contribution in [0.4, 0.5) is 5.69 Å². The van der Waals surface area contributed by atoms with Crippen molar-refractivity contribution in [2.24, 2.45) is 0 Å². The van der Waals surface area contributed by atoms with E-state index in [0.717, 1.165) is 35.4 Å². The lowest BCUT2D eigenvalue weighted by Gasteiger charge is -2.17.